The van der Waals surface area contributed by atoms with E-state index in [9.17, 15) is 4.39 Å². The van der Waals surface area contributed by atoms with Crippen LogP contribution in [0.5, 0.6) is 0 Å². The standard InChI is InChI=1S/C13H15ClFN3/c1-9(13-16-5-6-18(13)2)17-8-10-3-4-12(15)11(14)7-10/h3-7,9,17H,8H2,1-2H3. The zero-order valence-corrected chi connectivity index (χ0v) is 11.1. The number of halogens is 2. The highest BCUT2D eigenvalue weighted by Gasteiger charge is 2.09. The van der Waals surface area contributed by atoms with Gasteiger partial charge in [-0.05, 0) is 24.6 Å². The summed E-state index contributed by atoms with van der Waals surface area (Å²) >= 11 is 5.73. The summed E-state index contributed by atoms with van der Waals surface area (Å²) in [6, 6.07) is 4.85. The van der Waals surface area contributed by atoms with E-state index in [1.54, 1.807) is 18.3 Å². The molecule has 1 heterocycles. The second-order valence-electron chi connectivity index (χ2n) is 4.25. The van der Waals surface area contributed by atoms with Crippen LogP contribution in [0.15, 0.2) is 30.6 Å². The summed E-state index contributed by atoms with van der Waals surface area (Å²) in [6.07, 6.45) is 3.67. The highest BCUT2D eigenvalue weighted by Crippen LogP contribution is 2.17. The van der Waals surface area contributed by atoms with E-state index < -0.39 is 5.82 Å². The molecule has 2 rings (SSSR count). The Morgan fingerprint density at radius 3 is 2.89 bits per heavy atom. The zero-order valence-electron chi connectivity index (χ0n) is 10.3. The summed E-state index contributed by atoms with van der Waals surface area (Å²) in [6.45, 7) is 2.65. The second-order valence-corrected chi connectivity index (χ2v) is 4.65. The van der Waals surface area contributed by atoms with Gasteiger partial charge < -0.3 is 9.88 Å². The van der Waals surface area contributed by atoms with Crippen molar-refractivity contribution in [3.63, 3.8) is 0 Å². The van der Waals surface area contributed by atoms with Crippen LogP contribution in [0.4, 0.5) is 4.39 Å². The average Bonchev–Trinajstić information content (AvgIpc) is 2.77. The van der Waals surface area contributed by atoms with Crippen molar-refractivity contribution in [3.8, 4) is 0 Å². The molecule has 0 amide bonds. The molecule has 0 aliphatic carbocycles. The van der Waals surface area contributed by atoms with Crippen LogP contribution in [0.3, 0.4) is 0 Å². The molecule has 2 aromatic rings. The van der Waals surface area contributed by atoms with Crippen molar-refractivity contribution < 1.29 is 4.39 Å². The highest BCUT2D eigenvalue weighted by atomic mass is 35.5. The Hall–Kier alpha value is -1.39. The Morgan fingerprint density at radius 2 is 2.28 bits per heavy atom. The van der Waals surface area contributed by atoms with Crippen LogP contribution in [0.25, 0.3) is 0 Å². The number of aromatic nitrogens is 2. The molecule has 1 aromatic heterocycles. The minimum absolute atomic E-state index is 0.119. The molecule has 1 N–H and O–H groups in total. The van der Waals surface area contributed by atoms with Crippen LogP contribution in [-0.4, -0.2) is 9.55 Å². The maximum Gasteiger partial charge on any atom is 0.141 e. The molecule has 0 saturated carbocycles. The van der Waals surface area contributed by atoms with Crippen molar-refractivity contribution in [2.75, 3.05) is 0 Å². The first-order chi connectivity index (χ1) is 8.58. The van der Waals surface area contributed by atoms with Gasteiger partial charge in [-0.2, -0.15) is 0 Å². The van der Waals surface area contributed by atoms with Crippen LogP contribution < -0.4 is 5.32 Å². The van der Waals surface area contributed by atoms with E-state index in [1.165, 1.54) is 6.07 Å². The van der Waals surface area contributed by atoms with E-state index in [4.69, 9.17) is 11.6 Å². The van der Waals surface area contributed by atoms with E-state index >= 15 is 0 Å². The van der Waals surface area contributed by atoms with Gasteiger partial charge in [0.15, 0.2) is 0 Å². The van der Waals surface area contributed by atoms with Crippen LogP contribution in [0, 0.1) is 5.82 Å². The maximum absolute atomic E-state index is 13.0. The lowest BCUT2D eigenvalue weighted by atomic mass is 10.2. The molecule has 0 spiro atoms. The third-order valence-electron chi connectivity index (χ3n) is 2.84. The van der Waals surface area contributed by atoms with Crippen LogP contribution in [0.2, 0.25) is 5.02 Å². The number of aryl methyl sites for hydroxylation is 1. The van der Waals surface area contributed by atoms with Crippen LogP contribution >= 0.6 is 11.6 Å². The Kier molecular flexibility index (Phi) is 3.99. The van der Waals surface area contributed by atoms with Crippen LogP contribution in [0.1, 0.15) is 24.4 Å². The summed E-state index contributed by atoms with van der Waals surface area (Å²) in [7, 11) is 1.95. The molecule has 0 aliphatic heterocycles. The van der Waals surface area contributed by atoms with Gasteiger partial charge in [-0.15, -0.1) is 0 Å². The van der Waals surface area contributed by atoms with Gasteiger partial charge in [0, 0.05) is 26.0 Å². The Balaban J connectivity index is 1.99. The molecule has 0 radical (unpaired) electrons. The van der Waals surface area contributed by atoms with Crippen molar-refractivity contribution in [2.45, 2.75) is 19.5 Å². The molecule has 5 heteroatoms. The third-order valence-corrected chi connectivity index (χ3v) is 3.13. The summed E-state index contributed by atoms with van der Waals surface area (Å²) in [4.78, 5) is 4.27. The Morgan fingerprint density at radius 1 is 1.50 bits per heavy atom. The normalized spacial score (nSPS) is 12.7. The van der Waals surface area contributed by atoms with E-state index in [-0.39, 0.29) is 11.1 Å². The lowest BCUT2D eigenvalue weighted by Gasteiger charge is -2.13. The first-order valence-corrected chi connectivity index (χ1v) is 6.10. The fourth-order valence-corrected chi connectivity index (χ4v) is 2.01. The fraction of sp³-hybridized carbons (Fsp3) is 0.308. The summed E-state index contributed by atoms with van der Waals surface area (Å²) in [5, 5.41) is 3.48. The summed E-state index contributed by atoms with van der Waals surface area (Å²) < 4.78 is 15.0. The molecular formula is C13H15ClFN3. The molecule has 3 nitrogen and oxygen atoms in total. The van der Waals surface area contributed by atoms with Gasteiger partial charge in [-0.3, -0.25) is 0 Å². The highest BCUT2D eigenvalue weighted by molar-refractivity contribution is 6.30. The second kappa shape index (κ2) is 5.50. The van der Waals surface area contributed by atoms with Crippen LogP contribution in [-0.2, 0) is 13.6 Å². The lowest BCUT2D eigenvalue weighted by Crippen LogP contribution is -2.21. The lowest BCUT2D eigenvalue weighted by molar-refractivity contribution is 0.529. The smallest absolute Gasteiger partial charge is 0.141 e. The predicted octanol–water partition coefficient (Wildman–Crippen LogP) is 3.06. The molecular weight excluding hydrogens is 253 g/mol. The number of hydrogen-bond acceptors (Lipinski definition) is 2. The molecule has 0 aliphatic rings. The molecule has 1 atom stereocenters. The minimum atomic E-state index is -0.391. The third kappa shape index (κ3) is 2.89. The number of rotatable bonds is 4. The summed E-state index contributed by atoms with van der Waals surface area (Å²) in [5.74, 6) is 0.570. The van der Waals surface area contributed by atoms with Gasteiger partial charge in [-0.1, -0.05) is 17.7 Å². The zero-order chi connectivity index (χ0) is 13.1. The van der Waals surface area contributed by atoms with Crippen molar-refractivity contribution in [2.24, 2.45) is 7.05 Å². The quantitative estimate of drug-likeness (QED) is 0.923. The fourth-order valence-electron chi connectivity index (χ4n) is 1.81. The number of nitrogens with one attached hydrogen (secondary N) is 1. The van der Waals surface area contributed by atoms with Gasteiger partial charge in [0.1, 0.15) is 11.6 Å². The number of nitrogens with zero attached hydrogens (tertiary/aromatic N) is 2. The van der Waals surface area contributed by atoms with E-state index in [2.05, 4.69) is 10.3 Å². The first kappa shape index (κ1) is 13.1. The number of imidazole rings is 1. The van der Waals surface area contributed by atoms with E-state index in [0.29, 0.717) is 6.54 Å². The molecule has 0 saturated heterocycles. The Bertz CT molecular complexity index is 539. The summed E-state index contributed by atoms with van der Waals surface area (Å²) in [5.41, 5.74) is 0.947. The number of benzene rings is 1. The van der Waals surface area contributed by atoms with Gasteiger partial charge in [-0.25, -0.2) is 9.37 Å². The Labute approximate surface area is 111 Å². The molecule has 18 heavy (non-hydrogen) atoms. The number of hydrogen-bond donors (Lipinski definition) is 1. The topological polar surface area (TPSA) is 29.9 Å². The van der Waals surface area contributed by atoms with Crippen molar-refractivity contribution >= 4 is 11.6 Å². The van der Waals surface area contributed by atoms with E-state index in [1.807, 2.05) is 24.7 Å². The molecule has 0 fully saturated rings. The van der Waals surface area contributed by atoms with E-state index in [0.717, 1.165) is 11.4 Å². The SMILES string of the molecule is CC(NCc1ccc(F)c(Cl)c1)c1nccn1C. The molecule has 0 bridgehead atoms. The molecule has 96 valence electrons. The average molecular weight is 268 g/mol. The molecule has 1 unspecified atom stereocenters. The van der Waals surface area contributed by atoms with Crippen molar-refractivity contribution in [1.82, 2.24) is 14.9 Å². The van der Waals surface area contributed by atoms with Gasteiger partial charge in [0.2, 0.25) is 0 Å². The van der Waals surface area contributed by atoms with Crippen molar-refractivity contribution in [1.29, 1.82) is 0 Å². The van der Waals surface area contributed by atoms with Gasteiger partial charge in [0.25, 0.3) is 0 Å². The predicted molar refractivity (Wildman–Crippen MR) is 69.9 cm³/mol. The largest absolute Gasteiger partial charge is 0.337 e. The van der Waals surface area contributed by atoms with Gasteiger partial charge in [0.05, 0.1) is 11.1 Å². The van der Waals surface area contributed by atoms with Crippen molar-refractivity contribution in [3.05, 3.63) is 52.8 Å². The van der Waals surface area contributed by atoms with Gasteiger partial charge >= 0.3 is 0 Å². The first-order valence-electron chi connectivity index (χ1n) is 5.72. The monoisotopic (exact) mass is 267 g/mol. The molecule has 1 aromatic carbocycles. The minimum Gasteiger partial charge on any atom is -0.337 e. The maximum atomic E-state index is 13.0.